The molecule has 5 heteroatoms. The maximum absolute atomic E-state index is 11.2. The van der Waals surface area contributed by atoms with Gasteiger partial charge in [0.1, 0.15) is 5.75 Å². The Morgan fingerprint density at radius 3 is 2.19 bits per heavy atom. The molecule has 2 aromatic carbocycles. The summed E-state index contributed by atoms with van der Waals surface area (Å²) in [6.07, 6.45) is 0. The molecule has 5 nitrogen and oxygen atoms in total. The number of ether oxygens (including phenoxy) is 3. The quantitative estimate of drug-likeness (QED) is 0.916. The first-order chi connectivity index (χ1) is 10.1. The van der Waals surface area contributed by atoms with Crippen molar-refractivity contribution >= 4 is 5.97 Å². The standard InChI is InChI=1S/C16H16O5/c1-19-13-8-7-10(16(17)18)9-12(13)11-5-4-6-14(20-2)15(11)21-3/h4-9H,1-3H3,(H,17,18). The van der Waals surface area contributed by atoms with Crippen LogP contribution in [0.5, 0.6) is 17.2 Å². The van der Waals surface area contributed by atoms with Crippen LogP contribution in [0.4, 0.5) is 0 Å². The second-order valence-corrected chi connectivity index (χ2v) is 4.26. The van der Waals surface area contributed by atoms with E-state index in [4.69, 9.17) is 19.3 Å². The third-order valence-electron chi connectivity index (χ3n) is 3.14. The van der Waals surface area contributed by atoms with Crippen LogP contribution in [-0.2, 0) is 0 Å². The molecule has 0 aliphatic heterocycles. The zero-order valence-corrected chi connectivity index (χ0v) is 12.0. The molecule has 0 amide bonds. The average molecular weight is 288 g/mol. The van der Waals surface area contributed by atoms with Gasteiger partial charge in [0.15, 0.2) is 11.5 Å². The third kappa shape index (κ3) is 2.76. The van der Waals surface area contributed by atoms with Crippen molar-refractivity contribution < 1.29 is 24.1 Å². The Labute approximate surface area is 122 Å². The summed E-state index contributed by atoms with van der Waals surface area (Å²) < 4.78 is 16.0. The highest BCUT2D eigenvalue weighted by Gasteiger charge is 2.17. The Bertz CT molecular complexity index is 664. The van der Waals surface area contributed by atoms with Crippen molar-refractivity contribution in [2.24, 2.45) is 0 Å². The first-order valence-corrected chi connectivity index (χ1v) is 6.25. The molecule has 0 saturated carbocycles. The molecule has 0 radical (unpaired) electrons. The molecule has 2 aromatic rings. The molecule has 21 heavy (non-hydrogen) atoms. The highest BCUT2D eigenvalue weighted by Crippen LogP contribution is 2.41. The zero-order valence-electron chi connectivity index (χ0n) is 12.0. The van der Waals surface area contributed by atoms with Crippen molar-refractivity contribution in [2.75, 3.05) is 21.3 Å². The van der Waals surface area contributed by atoms with E-state index in [9.17, 15) is 4.79 Å². The van der Waals surface area contributed by atoms with Gasteiger partial charge in [-0.2, -0.15) is 0 Å². The van der Waals surface area contributed by atoms with Crippen molar-refractivity contribution in [1.29, 1.82) is 0 Å². The summed E-state index contributed by atoms with van der Waals surface area (Å²) in [5.74, 6) is 0.658. The van der Waals surface area contributed by atoms with Gasteiger partial charge in [-0.15, -0.1) is 0 Å². The average Bonchev–Trinajstić information content (AvgIpc) is 2.53. The Hall–Kier alpha value is -2.69. The van der Waals surface area contributed by atoms with Gasteiger partial charge >= 0.3 is 5.97 Å². The minimum Gasteiger partial charge on any atom is -0.496 e. The summed E-state index contributed by atoms with van der Waals surface area (Å²) in [5, 5.41) is 9.15. The number of carboxylic acid groups (broad SMARTS) is 1. The number of methoxy groups -OCH3 is 3. The zero-order chi connectivity index (χ0) is 15.4. The molecule has 0 unspecified atom stereocenters. The minimum atomic E-state index is -0.999. The van der Waals surface area contributed by atoms with Gasteiger partial charge in [-0.3, -0.25) is 0 Å². The number of hydrogen-bond acceptors (Lipinski definition) is 4. The van der Waals surface area contributed by atoms with Crippen molar-refractivity contribution in [3.63, 3.8) is 0 Å². The normalized spacial score (nSPS) is 10.0. The molecule has 0 saturated heterocycles. The van der Waals surface area contributed by atoms with Gasteiger partial charge in [0, 0.05) is 11.1 Å². The van der Waals surface area contributed by atoms with E-state index in [1.165, 1.54) is 20.3 Å². The summed E-state index contributed by atoms with van der Waals surface area (Å²) in [6, 6.07) is 10.1. The summed E-state index contributed by atoms with van der Waals surface area (Å²) in [6.45, 7) is 0. The van der Waals surface area contributed by atoms with Crippen LogP contribution >= 0.6 is 0 Å². The first kappa shape index (κ1) is 14.7. The van der Waals surface area contributed by atoms with E-state index >= 15 is 0 Å². The molecule has 0 fully saturated rings. The third-order valence-corrected chi connectivity index (χ3v) is 3.14. The van der Waals surface area contributed by atoms with Gasteiger partial charge in [-0.05, 0) is 24.3 Å². The molecule has 2 rings (SSSR count). The Morgan fingerprint density at radius 1 is 0.905 bits per heavy atom. The number of para-hydroxylation sites is 1. The van der Waals surface area contributed by atoms with Crippen LogP contribution < -0.4 is 14.2 Å². The molecule has 1 N–H and O–H groups in total. The molecule has 0 aliphatic rings. The van der Waals surface area contributed by atoms with Gasteiger partial charge < -0.3 is 19.3 Å². The number of hydrogen-bond donors (Lipinski definition) is 1. The van der Waals surface area contributed by atoms with Crippen LogP contribution in [0.25, 0.3) is 11.1 Å². The monoisotopic (exact) mass is 288 g/mol. The lowest BCUT2D eigenvalue weighted by Gasteiger charge is -2.15. The second-order valence-electron chi connectivity index (χ2n) is 4.26. The fraction of sp³-hybridized carbons (Fsp3) is 0.188. The molecule has 0 atom stereocenters. The predicted octanol–water partition coefficient (Wildman–Crippen LogP) is 3.08. The molecule has 110 valence electrons. The number of carbonyl (C=O) groups is 1. The van der Waals surface area contributed by atoms with Gasteiger partial charge in [-0.25, -0.2) is 4.79 Å². The van der Waals surface area contributed by atoms with Crippen LogP contribution in [-0.4, -0.2) is 32.4 Å². The molecule has 0 bridgehead atoms. The van der Waals surface area contributed by atoms with Crippen LogP contribution in [0.3, 0.4) is 0 Å². The molecule has 0 aliphatic carbocycles. The number of carboxylic acids is 1. The summed E-state index contributed by atoms with van der Waals surface area (Å²) in [7, 11) is 4.62. The minimum absolute atomic E-state index is 0.177. The van der Waals surface area contributed by atoms with E-state index in [2.05, 4.69) is 0 Å². The lowest BCUT2D eigenvalue weighted by Crippen LogP contribution is -1.99. The fourth-order valence-corrected chi connectivity index (χ4v) is 2.15. The number of rotatable bonds is 5. The Kier molecular flexibility index (Phi) is 4.33. The fourth-order valence-electron chi connectivity index (χ4n) is 2.15. The van der Waals surface area contributed by atoms with Crippen molar-refractivity contribution in [1.82, 2.24) is 0 Å². The number of benzene rings is 2. The molecule has 0 aromatic heterocycles. The predicted molar refractivity (Wildman–Crippen MR) is 78.5 cm³/mol. The van der Waals surface area contributed by atoms with E-state index in [1.807, 2.05) is 12.1 Å². The van der Waals surface area contributed by atoms with E-state index < -0.39 is 5.97 Å². The van der Waals surface area contributed by atoms with Crippen molar-refractivity contribution in [2.45, 2.75) is 0 Å². The van der Waals surface area contributed by atoms with Gasteiger partial charge in [-0.1, -0.05) is 12.1 Å². The molecule has 0 spiro atoms. The highest BCUT2D eigenvalue weighted by molar-refractivity contribution is 5.91. The van der Waals surface area contributed by atoms with Gasteiger partial charge in [0.05, 0.1) is 26.9 Å². The SMILES string of the molecule is COc1ccc(C(=O)O)cc1-c1cccc(OC)c1OC. The topological polar surface area (TPSA) is 65.0 Å². The summed E-state index contributed by atoms with van der Waals surface area (Å²) in [4.78, 5) is 11.2. The van der Waals surface area contributed by atoms with E-state index in [0.29, 0.717) is 28.4 Å². The maximum Gasteiger partial charge on any atom is 0.335 e. The second kappa shape index (κ2) is 6.17. The Balaban J connectivity index is 2.70. The lowest BCUT2D eigenvalue weighted by atomic mass is 10.0. The van der Waals surface area contributed by atoms with E-state index in [1.54, 1.807) is 25.3 Å². The smallest absolute Gasteiger partial charge is 0.335 e. The number of aromatic carboxylic acids is 1. The van der Waals surface area contributed by atoms with Gasteiger partial charge in [0.2, 0.25) is 0 Å². The van der Waals surface area contributed by atoms with Crippen molar-refractivity contribution in [3.05, 3.63) is 42.0 Å². The molecular weight excluding hydrogens is 272 g/mol. The van der Waals surface area contributed by atoms with Crippen molar-refractivity contribution in [3.8, 4) is 28.4 Å². The summed E-state index contributed by atoms with van der Waals surface area (Å²) >= 11 is 0. The first-order valence-electron chi connectivity index (χ1n) is 6.25. The van der Waals surface area contributed by atoms with Crippen LogP contribution in [0.2, 0.25) is 0 Å². The Morgan fingerprint density at radius 2 is 1.62 bits per heavy atom. The maximum atomic E-state index is 11.2. The van der Waals surface area contributed by atoms with Gasteiger partial charge in [0.25, 0.3) is 0 Å². The van der Waals surface area contributed by atoms with Crippen LogP contribution in [0.15, 0.2) is 36.4 Å². The highest BCUT2D eigenvalue weighted by atomic mass is 16.5. The summed E-state index contributed by atoms with van der Waals surface area (Å²) in [5.41, 5.74) is 1.51. The van der Waals surface area contributed by atoms with Crippen LogP contribution in [0.1, 0.15) is 10.4 Å². The molecule has 0 heterocycles. The van der Waals surface area contributed by atoms with Crippen LogP contribution in [0, 0.1) is 0 Å². The molecular formula is C16H16O5. The van der Waals surface area contributed by atoms with E-state index in [0.717, 1.165) is 0 Å². The van der Waals surface area contributed by atoms with E-state index in [-0.39, 0.29) is 5.56 Å². The lowest BCUT2D eigenvalue weighted by molar-refractivity contribution is 0.0697. The largest absolute Gasteiger partial charge is 0.496 e.